The Hall–Kier alpha value is -3.36. The summed E-state index contributed by atoms with van der Waals surface area (Å²) in [6, 6.07) is 13.7. The minimum atomic E-state index is 0.424. The van der Waals surface area contributed by atoms with Gasteiger partial charge in [-0.15, -0.1) is 0 Å². The first-order chi connectivity index (χ1) is 16.8. The second kappa shape index (κ2) is 12.4. The van der Waals surface area contributed by atoms with Gasteiger partial charge >= 0.3 is 0 Å². The van der Waals surface area contributed by atoms with E-state index in [-0.39, 0.29) is 0 Å². The molecule has 0 aliphatic carbocycles. The highest BCUT2D eigenvalue weighted by Gasteiger charge is 2.07. The largest absolute Gasteiger partial charge is 0.397 e. The molecule has 178 valence electrons. The van der Waals surface area contributed by atoms with Crippen LogP contribution in [0.3, 0.4) is 0 Å². The molecule has 0 amide bonds. The second-order valence-electron chi connectivity index (χ2n) is 6.90. The molecule has 0 radical (unpaired) electrons. The number of aromatic nitrogens is 4. The Morgan fingerprint density at radius 2 is 1.20 bits per heavy atom. The van der Waals surface area contributed by atoms with E-state index in [1.165, 1.54) is 12.1 Å². The van der Waals surface area contributed by atoms with Gasteiger partial charge in [0.05, 0.1) is 42.5 Å². The number of halogens is 4. The summed E-state index contributed by atoms with van der Waals surface area (Å²) in [6.45, 7) is 0. The van der Waals surface area contributed by atoms with Crippen LogP contribution in [0.1, 0.15) is 10.4 Å². The van der Waals surface area contributed by atoms with Gasteiger partial charge in [-0.1, -0.05) is 46.4 Å². The van der Waals surface area contributed by atoms with Crippen molar-refractivity contribution in [3.8, 4) is 11.4 Å². The number of nitrogens with two attached hydrogens (primary N) is 2. The van der Waals surface area contributed by atoms with E-state index in [1.807, 2.05) is 12.1 Å². The molecule has 3 heterocycles. The summed E-state index contributed by atoms with van der Waals surface area (Å²) in [4.78, 5) is 25.3. The van der Waals surface area contributed by atoms with Crippen LogP contribution in [0.4, 0.5) is 11.4 Å². The first-order valence-electron chi connectivity index (χ1n) is 9.89. The van der Waals surface area contributed by atoms with E-state index in [1.54, 1.807) is 49.1 Å². The van der Waals surface area contributed by atoms with Crippen LogP contribution in [-0.2, 0) is 0 Å². The SMILES string of the molecule is Clc1cc2nc(-c3ccncc3)[nH]c2cc1Cl.Nc1cc(Cl)c(Cl)cc1N.O=Cc1ccncc1. The lowest BCUT2D eigenvalue weighted by Gasteiger charge is -2.00. The molecule has 0 fully saturated rings. The van der Waals surface area contributed by atoms with Crippen molar-refractivity contribution in [1.82, 2.24) is 19.9 Å². The number of aromatic amines is 1. The molecule has 0 spiro atoms. The quantitative estimate of drug-likeness (QED) is 0.162. The Morgan fingerprint density at radius 1 is 0.714 bits per heavy atom. The number of H-pyrrole nitrogens is 1. The van der Waals surface area contributed by atoms with Gasteiger partial charge < -0.3 is 16.5 Å². The Balaban J connectivity index is 0.000000162. The van der Waals surface area contributed by atoms with Crippen LogP contribution >= 0.6 is 46.4 Å². The van der Waals surface area contributed by atoms with E-state index in [9.17, 15) is 4.79 Å². The molecule has 0 unspecified atom stereocenters. The maximum absolute atomic E-state index is 9.98. The highest BCUT2D eigenvalue weighted by atomic mass is 35.5. The van der Waals surface area contributed by atoms with Crippen LogP contribution < -0.4 is 11.5 Å². The molecule has 3 aromatic heterocycles. The van der Waals surface area contributed by atoms with Gasteiger partial charge in [0.1, 0.15) is 12.1 Å². The van der Waals surface area contributed by atoms with Gasteiger partial charge in [-0.3, -0.25) is 14.8 Å². The predicted molar refractivity (Wildman–Crippen MR) is 144 cm³/mol. The molecule has 0 aliphatic rings. The lowest BCUT2D eigenvalue weighted by atomic mass is 10.3. The topological polar surface area (TPSA) is 124 Å². The Labute approximate surface area is 221 Å². The van der Waals surface area contributed by atoms with Crippen molar-refractivity contribution in [1.29, 1.82) is 0 Å². The molecule has 0 aliphatic heterocycles. The van der Waals surface area contributed by atoms with Crippen LogP contribution in [0, 0.1) is 0 Å². The van der Waals surface area contributed by atoms with Crippen LogP contribution in [0.5, 0.6) is 0 Å². The van der Waals surface area contributed by atoms with Crippen molar-refractivity contribution in [3.05, 3.63) is 99.0 Å². The number of fused-ring (bicyclic) bond motifs is 1. The lowest BCUT2D eigenvalue weighted by Crippen LogP contribution is -1.93. The molecule has 5 rings (SSSR count). The predicted octanol–water partition coefficient (Wildman–Crippen LogP) is 6.98. The average molecular weight is 548 g/mol. The summed E-state index contributed by atoms with van der Waals surface area (Å²) < 4.78 is 0. The fourth-order valence-corrected chi connectivity index (χ4v) is 3.34. The molecular weight excluding hydrogens is 530 g/mol. The van der Waals surface area contributed by atoms with Gasteiger partial charge in [-0.05, 0) is 48.5 Å². The lowest BCUT2D eigenvalue weighted by molar-refractivity contribution is 0.112. The van der Waals surface area contributed by atoms with Crippen molar-refractivity contribution in [3.63, 3.8) is 0 Å². The molecule has 0 atom stereocenters. The first-order valence-corrected chi connectivity index (χ1v) is 11.4. The Bertz CT molecular complexity index is 1340. The number of rotatable bonds is 2. The summed E-state index contributed by atoms with van der Waals surface area (Å²) in [5.41, 5.74) is 15.1. The zero-order valence-electron chi connectivity index (χ0n) is 17.9. The molecule has 0 bridgehead atoms. The van der Waals surface area contributed by atoms with Gasteiger partial charge in [-0.2, -0.15) is 0 Å². The maximum Gasteiger partial charge on any atom is 0.150 e. The monoisotopic (exact) mass is 546 g/mol. The summed E-state index contributed by atoms with van der Waals surface area (Å²) in [5, 5.41) is 1.87. The zero-order chi connectivity index (χ0) is 25.4. The molecule has 0 saturated carbocycles. The van der Waals surface area contributed by atoms with Crippen LogP contribution in [0.25, 0.3) is 22.4 Å². The van der Waals surface area contributed by atoms with Crippen LogP contribution in [-0.4, -0.2) is 26.2 Å². The van der Waals surface area contributed by atoms with Crippen molar-refractivity contribution in [2.24, 2.45) is 0 Å². The molecule has 5 aromatic rings. The smallest absolute Gasteiger partial charge is 0.150 e. The summed E-state index contributed by atoms with van der Waals surface area (Å²) in [6.07, 6.45) is 7.42. The second-order valence-corrected chi connectivity index (χ2v) is 8.53. The number of pyridine rings is 2. The van der Waals surface area contributed by atoms with Crippen molar-refractivity contribution in [2.45, 2.75) is 0 Å². The number of aldehydes is 1. The summed E-state index contributed by atoms with van der Waals surface area (Å²) in [5.74, 6) is 0.778. The molecular formula is C24H18Cl4N6O. The fraction of sp³-hybridized carbons (Fsp3) is 0. The number of carbonyl (C=O) groups excluding carboxylic acids is 1. The van der Waals surface area contributed by atoms with Crippen LogP contribution in [0.2, 0.25) is 20.1 Å². The number of nitrogens with one attached hydrogen (secondary N) is 1. The van der Waals surface area contributed by atoms with Crippen LogP contribution in [0.15, 0.2) is 73.3 Å². The molecule has 35 heavy (non-hydrogen) atoms. The minimum Gasteiger partial charge on any atom is -0.397 e. The fourth-order valence-electron chi connectivity index (χ4n) is 2.67. The molecule has 2 aromatic carbocycles. The van der Waals surface area contributed by atoms with E-state index in [0.29, 0.717) is 37.0 Å². The Morgan fingerprint density at radius 3 is 1.71 bits per heavy atom. The van der Waals surface area contributed by atoms with E-state index < -0.39 is 0 Å². The third kappa shape index (κ3) is 7.31. The van der Waals surface area contributed by atoms with E-state index in [0.717, 1.165) is 28.7 Å². The molecule has 7 nitrogen and oxygen atoms in total. The maximum atomic E-state index is 9.98. The standard InChI is InChI=1S/C12H7Cl2N3.C6H6Cl2N2.C6H5NO/c13-8-5-10-11(6-9(8)14)17-12(16-10)7-1-3-15-4-2-7;7-3-1-5(9)6(10)2-4(3)8;8-5-6-1-3-7-4-2-6/h1-6H,(H,16,17);1-2H,9-10H2;1-5H. The van der Waals surface area contributed by atoms with Crippen molar-refractivity contribution in [2.75, 3.05) is 11.5 Å². The van der Waals surface area contributed by atoms with Gasteiger partial charge in [-0.25, -0.2) is 4.98 Å². The Kier molecular flexibility index (Phi) is 9.28. The van der Waals surface area contributed by atoms with E-state index in [4.69, 9.17) is 57.9 Å². The van der Waals surface area contributed by atoms with Crippen molar-refractivity contribution < 1.29 is 4.79 Å². The van der Waals surface area contributed by atoms with Crippen molar-refractivity contribution >= 4 is 75.1 Å². The van der Waals surface area contributed by atoms with E-state index >= 15 is 0 Å². The molecule has 11 heteroatoms. The van der Waals surface area contributed by atoms with Gasteiger partial charge in [0, 0.05) is 35.9 Å². The highest BCUT2D eigenvalue weighted by molar-refractivity contribution is 6.43. The number of nitrogen functional groups attached to an aromatic ring is 2. The summed E-state index contributed by atoms with van der Waals surface area (Å²) in [7, 11) is 0. The van der Waals surface area contributed by atoms with Gasteiger partial charge in [0.25, 0.3) is 0 Å². The molecule has 0 saturated heterocycles. The number of hydrogen-bond acceptors (Lipinski definition) is 6. The molecule has 5 N–H and O–H groups in total. The number of imidazole rings is 1. The number of hydrogen-bond donors (Lipinski definition) is 3. The third-order valence-electron chi connectivity index (χ3n) is 4.45. The highest BCUT2D eigenvalue weighted by Crippen LogP contribution is 2.29. The zero-order valence-corrected chi connectivity index (χ0v) is 20.9. The number of nitrogens with zero attached hydrogens (tertiary/aromatic N) is 3. The number of anilines is 2. The first kappa shape index (κ1) is 26.2. The van der Waals surface area contributed by atoms with E-state index in [2.05, 4.69) is 19.9 Å². The van der Waals surface area contributed by atoms with Gasteiger partial charge in [0.2, 0.25) is 0 Å². The normalized spacial score (nSPS) is 10.1. The number of benzene rings is 2. The summed E-state index contributed by atoms with van der Waals surface area (Å²) >= 11 is 23.1. The average Bonchev–Trinajstić information content (AvgIpc) is 3.28. The van der Waals surface area contributed by atoms with Gasteiger partial charge in [0.15, 0.2) is 0 Å². The third-order valence-corrected chi connectivity index (χ3v) is 5.89. The number of carbonyl (C=O) groups is 1. The minimum absolute atomic E-state index is 0.424.